The van der Waals surface area contributed by atoms with Crippen LogP contribution in [-0.2, 0) is 16.1 Å². The van der Waals surface area contributed by atoms with Crippen LogP contribution < -0.4 is 10.6 Å². The van der Waals surface area contributed by atoms with E-state index >= 15 is 0 Å². The van der Waals surface area contributed by atoms with Gasteiger partial charge in [0.2, 0.25) is 0 Å². The molecule has 19 heavy (non-hydrogen) atoms. The maximum Gasteiger partial charge on any atom is 0.407 e. The summed E-state index contributed by atoms with van der Waals surface area (Å²) in [5.41, 5.74) is 0.928. The summed E-state index contributed by atoms with van der Waals surface area (Å²) in [4.78, 5) is 21.5. The van der Waals surface area contributed by atoms with Gasteiger partial charge in [-0.05, 0) is 5.56 Å². The first kappa shape index (κ1) is 15.0. The Kier molecular flexibility index (Phi) is 7.04. The first-order chi connectivity index (χ1) is 9.18. The number of amides is 1. The van der Waals surface area contributed by atoms with Crippen molar-refractivity contribution < 1.29 is 19.4 Å². The van der Waals surface area contributed by atoms with Crippen LogP contribution in [0, 0.1) is 0 Å². The van der Waals surface area contributed by atoms with Crippen molar-refractivity contribution in [1.29, 1.82) is 0 Å². The third-order valence-corrected chi connectivity index (χ3v) is 2.30. The molecule has 0 bridgehead atoms. The lowest BCUT2D eigenvalue weighted by Crippen LogP contribution is -2.32. The lowest BCUT2D eigenvalue weighted by molar-refractivity contribution is -0.136. The largest absolute Gasteiger partial charge is 0.481 e. The second-order valence-corrected chi connectivity index (χ2v) is 3.88. The predicted octanol–water partition coefficient (Wildman–Crippen LogP) is 0.977. The first-order valence-corrected chi connectivity index (χ1v) is 6.05. The Morgan fingerprint density at radius 1 is 1.11 bits per heavy atom. The van der Waals surface area contributed by atoms with E-state index in [1.54, 1.807) is 0 Å². The Bertz CT molecular complexity index is 395. The number of carbonyl (C=O) groups is 2. The number of hydrogen-bond acceptors (Lipinski definition) is 4. The molecule has 1 rings (SSSR count). The van der Waals surface area contributed by atoms with Crippen molar-refractivity contribution in [2.24, 2.45) is 0 Å². The Labute approximate surface area is 111 Å². The molecule has 0 aliphatic rings. The average Bonchev–Trinajstić information content (AvgIpc) is 2.41. The number of nitrogens with one attached hydrogen (secondary N) is 2. The van der Waals surface area contributed by atoms with E-state index in [4.69, 9.17) is 9.84 Å². The van der Waals surface area contributed by atoms with Gasteiger partial charge >= 0.3 is 12.1 Å². The molecule has 1 aromatic rings. The van der Waals surface area contributed by atoms with Crippen molar-refractivity contribution in [3.05, 3.63) is 35.9 Å². The molecule has 6 nitrogen and oxygen atoms in total. The molecule has 6 heteroatoms. The van der Waals surface area contributed by atoms with Gasteiger partial charge in [-0.1, -0.05) is 30.3 Å². The van der Waals surface area contributed by atoms with Crippen LogP contribution in [0.5, 0.6) is 0 Å². The smallest absolute Gasteiger partial charge is 0.407 e. The molecule has 0 aliphatic heterocycles. The summed E-state index contributed by atoms with van der Waals surface area (Å²) in [5, 5.41) is 13.9. The maximum absolute atomic E-state index is 11.3. The van der Waals surface area contributed by atoms with Gasteiger partial charge in [-0.2, -0.15) is 0 Å². The molecule has 0 unspecified atom stereocenters. The molecule has 0 saturated carbocycles. The Morgan fingerprint density at radius 3 is 2.53 bits per heavy atom. The summed E-state index contributed by atoms with van der Waals surface area (Å²) in [6, 6.07) is 9.40. The van der Waals surface area contributed by atoms with Crippen LogP contribution in [0.2, 0.25) is 0 Å². The fourth-order valence-corrected chi connectivity index (χ4v) is 1.35. The maximum atomic E-state index is 11.3. The first-order valence-electron chi connectivity index (χ1n) is 6.05. The Hall–Kier alpha value is -2.08. The topological polar surface area (TPSA) is 87.7 Å². The van der Waals surface area contributed by atoms with Crippen LogP contribution in [-0.4, -0.2) is 36.8 Å². The highest BCUT2D eigenvalue weighted by Crippen LogP contribution is 2.00. The quantitative estimate of drug-likeness (QED) is 0.610. The van der Waals surface area contributed by atoms with Crippen LogP contribution in [0.3, 0.4) is 0 Å². The van der Waals surface area contributed by atoms with E-state index in [0.717, 1.165) is 5.56 Å². The molecule has 3 N–H and O–H groups in total. The van der Waals surface area contributed by atoms with Crippen LogP contribution in [0.15, 0.2) is 30.3 Å². The minimum atomic E-state index is -0.845. The van der Waals surface area contributed by atoms with E-state index in [-0.39, 0.29) is 13.0 Å². The highest BCUT2D eigenvalue weighted by atomic mass is 16.5. The molecule has 1 aromatic carbocycles. The zero-order chi connectivity index (χ0) is 13.9. The predicted molar refractivity (Wildman–Crippen MR) is 69.8 cm³/mol. The van der Waals surface area contributed by atoms with Gasteiger partial charge < -0.3 is 20.5 Å². The van der Waals surface area contributed by atoms with Crippen molar-refractivity contribution in [1.82, 2.24) is 10.6 Å². The normalized spacial score (nSPS) is 9.89. The van der Waals surface area contributed by atoms with Gasteiger partial charge in [0, 0.05) is 19.6 Å². The van der Waals surface area contributed by atoms with Gasteiger partial charge in [0.1, 0.15) is 6.61 Å². The molecule has 0 radical (unpaired) electrons. The van der Waals surface area contributed by atoms with Crippen molar-refractivity contribution in [3.8, 4) is 0 Å². The number of benzene rings is 1. The molecule has 0 atom stereocenters. The SMILES string of the molecule is O=C(O)CCNCCNC(=O)OCc1ccccc1. The minimum absolute atomic E-state index is 0.0679. The van der Waals surface area contributed by atoms with Gasteiger partial charge in [0.15, 0.2) is 0 Å². The lowest BCUT2D eigenvalue weighted by Gasteiger charge is -2.07. The zero-order valence-electron chi connectivity index (χ0n) is 10.6. The summed E-state index contributed by atoms with van der Waals surface area (Å²) in [6.45, 7) is 1.52. The number of carboxylic acid groups (broad SMARTS) is 1. The molecule has 0 saturated heterocycles. The summed E-state index contributed by atoms with van der Waals surface area (Å²) in [6.07, 6.45) is -0.415. The highest BCUT2D eigenvalue weighted by Gasteiger charge is 2.01. The third-order valence-electron chi connectivity index (χ3n) is 2.30. The van der Waals surface area contributed by atoms with E-state index in [9.17, 15) is 9.59 Å². The van der Waals surface area contributed by atoms with Crippen LogP contribution >= 0.6 is 0 Å². The van der Waals surface area contributed by atoms with Gasteiger partial charge in [0.05, 0.1) is 6.42 Å². The molecule has 0 aromatic heterocycles. The molecule has 104 valence electrons. The number of carbonyl (C=O) groups excluding carboxylic acids is 1. The van der Waals surface area contributed by atoms with Crippen LogP contribution in [0.4, 0.5) is 4.79 Å². The fourth-order valence-electron chi connectivity index (χ4n) is 1.35. The van der Waals surface area contributed by atoms with Crippen molar-refractivity contribution in [3.63, 3.8) is 0 Å². The third kappa shape index (κ3) is 7.77. The van der Waals surface area contributed by atoms with Gasteiger partial charge in [-0.15, -0.1) is 0 Å². The number of ether oxygens (including phenoxy) is 1. The zero-order valence-corrected chi connectivity index (χ0v) is 10.6. The van der Waals surface area contributed by atoms with Crippen molar-refractivity contribution in [2.75, 3.05) is 19.6 Å². The van der Waals surface area contributed by atoms with Gasteiger partial charge in [-0.3, -0.25) is 4.79 Å². The summed E-state index contributed by atoms with van der Waals surface area (Å²) >= 11 is 0. The lowest BCUT2D eigenvalue weighted by atomic mass is 10.2. The Morgan fingerprint density at radius 2 is 1.84 bits per heavy atom. The van der Waals surface area contributed by atoms with E-state index in [1.165, 1.54) is 0 Å². The number of aliphatic carboxylic acids is 1. The van der Waals surface area contributed by atoms with Crippen molar-refractivity contribution in [2.45, 2.75) is 13.0 Å². The number of alkyl carbamates (subject to hydrolysis) is 1. The summed E-state index contributed by atoms with van der Waals surface area (Å²) < 4.78 is 5.00. The molecular weight excluding hydrogens is 248 g/mol. The number of carboxylic acids is 1. The summed E-state index contributed by atoms with van der Waals surface area (Å²) in [7, 11) is 0. The second-order valence-electron chi connectivity index (χ2n) is 3.88. The summed E-state index contributed by atoms with van der Waals surface area (Å²) in [5.74, 6) is -0.845. The van der Waals surface area contributed by atoms with E-state index in [1.807, 2.05) is 30.3 Å². The Balaban J connectivity index is 2.01. The van der Waals surface area contributed by atoms with Crippen molar-refractivity contribution >= 4 is 12.1 Å². The standard InChI is InChI=1S/C13H18N2O4/c16-12(17)6-7-14-8-9-15-13(18)19-10-11-4-2-1-3-5-11/h1-5,14H,6-10H2,(H,15,18)(H,16,17). The second kappa shape index (κ2) is 8.93. The van der Waals surface area contributed by atoms with Crippen LogP contribution in [0.25, 0.3) is 0 Å². The van der Waals surface area contributed by atoms with Crippen LogP contribution in [0.1, 0.15) is 12.0 Å². The fraction of sp³-hybridized carbons (Fsp3) is 0.385. The molecule has 0 heterocycles. The number of rotatable bonds is 8. The molecule has 0 fully saturated rings. The molecule has 1 amide bonds. The average molecular weight is 266 g/mol. The molecule has 0 aliphatic carbocycles. The van der Waals surface area contributed by atoms with Gasteiger partial charge in [0.25, 0.3) is 0 Å². The molecular formula is C13H18N2O4. The van der Waals surface area contributed by atoms with E-state index in [2.05, 4.69) is 10.6 Å². The van der Waals surface area contributed by atoms with Gasteiger partial charge in [-0.25, -0.2) is 4.79 Å². The minimum Gasteiger partial charge on any atom is -0.481 e. The highest BCUT2D eigenvalue weighted by molar-refractivity contribution is 5.67. The number of hydrogen-bond donors (Lipinski definition) is 3. The van der Waals surface area contributed by atoms with E-state index in [0.29, 0.717) is 19.6 Å². The molecule has 0 spiro atoms. The van der Waals surface area contributed by atoms with E-state index < -0.39 is 12.1 Å². The monoisotopic (exact) mass is 266 g/mol.